The molecular weight excluding hydrogens is 391 g/mol. The molecule has 0 radical (unpaired) electrons. The summed E-state index contributed by atoms with van der Waals surface area (Å²) in [7, 11) is -3.53. The van der Waals surface area contributed by atoms with Crippen LogP contribution in [0.2, 0.25) is 5.02 Å². The van der Waals surface area contributed by atoms with Crippen molar-refractivity contribution in [3.63, 3.8) is 0 Å². The molecule has 1 aromatic carbocycles. The highest BCUT2D eigenvalue weighted by molar-refractivity contribution is 7.90. The van der Waals surface area contributed by atoms with E-state index in [1.165, 1.54) is 12.1 Å². The van der Waals surface area contributed by atoms with Crippen LogP contribution in [0.4, 0.5) is 13.2 Å². The first-order valence-corrected chi connectivity index (χ1v) is 9.43. The molecule has 0 amide bonds. The Bertz CT molecular complexity index is 1060. The number of pyridine rings is 1. The highest BCUT2D eigenvalue weighted by Crippen LogP contribution is 2.35. The Hall–Kier alpha value is -2.39. The smallest absolute Gasteiger partial charge is 0.242 e. The second-order valence-corrected chi connectivity index (χ2v) is 7.80. The summed E-state index contributed by atoms with van der Waals surface area (Å²) in [6.45, 7) is 0. The van der Waals surface area contributed by atoms with Crippen molar-refractivity contribution in [1.29, 1.82) is 0 Å². The fourth-order valence-corrected chi connectivity index (χ4v) is 3.09. The second kappa shape index (κ2) is 6.40. The lowest BCUT2D eigenvalue weighted by molar-refractivity contribution is -0.141. The zero-order valence-corrected chi connectivity index (χ0v) is 14.8. The molecule has 0 aliphatic rings. The van der Waals surface area contributed by atoms with Crippen molar-refractivity contribution in [2.75, 3.05) is 6.26 Å². The van der Waals surface area contributed by atoms with Crippen LogP contribution >= 0.6 is 11.6 Å². The molecule has 10 heteroatoms. The van der Waals surface area contributed by atoms with Gasteiger partial charge in [0, 0.05) is 16.8 Å². The minimum atomic E-state index is -4.65. The highest BCUT2D eigenvalue weighted by atomic mass is 35.5. The van der Waals surface area contributed by atoms with Crippen LogP contribution in [0, 0.1) is 0 Å². The Balaban J connectivity index is 2.20. The molecule has 5 nitrogen and oxygen atoms in total. The molecule has 0 atom stereocenters. The van der Waals surface area contributed by atoms with Gasteiger partial charge >= 0.3 is 6.18 Å². The van der Waals surface area contributed by atoms with Crippen LogP contribution in [0.15, 0.2) is 53.7 Å². The van der Waals surface area contributed by atoms with Crippen molar-refractivity contribution in [1.82, 2.24) is 14.8 Å². The molecule has 0 fully saturated rings. The quantitative estimate of drug-likeness (QED) is 0.665. The van der Waals surface area contributed by atoms with Crippen LogP contribution in [-0.4, -0.2) is 29.4 Å². The number of halogens is 4. The maximum atomic E-state index is 13.1. The molecule has 0 spiro atoms. The lowest BCUT2D eigenvalue weighted by Crippen LogP contribution is -2.08. The predicted molar refractivity (Wildman–Crippen MR) is 89.9 cm³/mol. The molecule has 26 heavy (non-hydrogen) atoms. The Kier molecular flexibility index (Phi) is 4.53. The van der Waals surface area contributed by atoms with Gasteiger partial charge in [0.2, 0.25) is 0 Å². The van der Waals surface area contributed by atoms with Gasteiger partial charge in [0.05, 0.1) is 17.6 Å². The number of hydrogen-bond acceptors (Lipinski definition) is 4. The number of hydrogen-bond donors (Lipinski definition) is 0. The highest BCUT2D eigenvalue weighted by Gasteiger charge is 2.35. The van der Waals surface area contributed by atoms with Gasteiger partial charge in [-0.05, 0) is 24.3 Å². The van der Waals surface area contributed by atoms with E-state index in [-0.39, 0.29) is 21.4 Å². The summed E-state index contributed by atoms with van der Waals surface area (Å²) in [5, 5.41) is 3.67. The van der Waals surface area contributed by atoms with Crippen LogP contribution in [0.1, 0.15) is 5.69 Å². The van der Waals surface area contributed by atoms with E-state index in [0.29, 0.717) is 5.56 Å². The monoisotopic (exact) mass is 401 g/mol. The molecule has 3 aromatic rings. The van der Waals surface area contributed by atoms with E-state index in [1.807, 2.05) is 0 Å². The van der Waals surface area contributed by atoms with E-state index in [0.717, 1.165) is 23.2 Å². The lowest BCUT2D eigenvalue weighted by Gasteiger charge is -2.09. The molecule has 0 bridgehead atoms. The van der Waals surface area contributed by atoms with Gasteiger partial charge in [-0.1, -0.05) is 29.8 Å². The van der Waals surface area contributed by atoms with Crippen molar-refractivity contribution in [3.8, 4) is 16.9 Å². The van der Waals surface area contributed by atoms with Crippen LogP contribution in [0.5, 0.6) is 0 Å². The van der Waals surface area contributed by atoms with Gasteiger partial charge in [-0.25, -0.2) is 18.1 Å². The van der Waals surface area contributed by atoms with E-state index < -0.39 is 21.7 Å². The van der Waals surface area contributed by atoms with Crippen molar-refractivity contribution in [2.24, 2.45) is 0 Å². The van der Waals surface area contributed by atoms with E-state index in [4.69, 9.17) is 11.6 Å². The van der Waals surface area contributed by atoms with Crippen LogP contribution < -0.4 is 0 Å². The van der Waals surface area contributed by atoms with E-state index in [9.17, 15) is 21.6 Å². The summed E-state index contributed by atoms with van der Waals surface area (Å²) in [4.78, 5) is 3.79. The summed E-state index contributed by atoms with van der Waals surface area (Å²) in [6.07, 6.45) is -2.52. The van der Waals surface area contributed by atoms with Gasteiger partial charge in [-0.3, -0.25) is 0 Å². The average molecular weight is 402 g/mol. The Morgan fingerprint density at radius 1 is 1.12 bits per heavy atom. The molecule has 136 valence electrons. The molecule has 2 aromatic heterocycles. The number of rotatable bonds is 3. The predicted octanol–water partition coefficient (Wildman–Crippen LogP) is 4.01. The van der Waals surface area contributed by atoms with Crippen LogP contribution in [0.3, 0.4) is 0 Å². The molecule has 0 unspecified atom stereocenters. The van der Waals surface area contributed by atoms with E-state index >= 15 is 0 Å². The van der Waals surface area contributed by atoms with Crippen LogP contribution in [-0.2, 0) is 16.0 Å². The molecule has 0 N–H and O–H groups in total. The van der Waals surface area contributed by atoms with Gasteiger partial charge in [0.25, 0.3) is 0 Å². The molecular formula is C16H11ClF3N3O2S. The van der Waals surface area contributed by atoms with Gasteiger partial charge in [-0.15, -0.1) is 0 Å². The normalized spacial score (nSPS) is 12.3. The van der Waals surface area contributed by atoms with Gasteiger partial charge in [0.1, 0.15) is 0 Å². The van der Waals surface area contributed by atoms with Crippen molar-refractivity contribution in [3.05, 3.63) is 59.4 Å². The summed E-state index contributed by atoms with van der Waals surface area (Å²) >= 11 is 6.11. The number of aromatic nitrogens is 3. The molecule has 0 aliphatic heterocycles. The number of benzene rings is 1. The van der Waals surface area contributed by atoms with Crippen molar-refractivity contribution >= 4 is 21.4 Å². The fourth-order valence-electron chi connectivity index (χ4n) is 2.29. The maximum absolute atomic E-state index is 13.1. The van der Waals surface area contributed by atoms with E-state index in [1.54, 1.807) is 24.3 Å². The number of nitrogens with zero attached hydrogens (tertiary/aromatic N) is 3. The summed E-state index contributed by atoms with van der Waals surface area (Å²) in [5.74, 6) is 0. The minimum Gasteiger partial charge on any atom is -0.242 e. The molecule has 3 rings (SSSR count). The van der Waals surface area contributed by atoms with Gasteiger partial charge in [-0.2, -0.15) is 18.3 Å². The van der Waals surface area contributed by atoms with Crippen molar-refractivity contribution in [2.45, 2.75) is 11.2 Å². The minimum absolute atomic E-state index is 0.108. The zero-order valence-electron chi connectivity index (χ0n) is 13.2. The third kappa shape index (κ3) is 3.58. The van der Waals surface area contributed by atoms with Gasteiger partial charge in [0.15, 0.2) is 20.6 Å². The Morgan fingerprint density at radius 2 is 1.81 bits per heavy atom. The topological polar surface area (TPSA) is 64.8 Å². The molecule has 0 aliphatic carbocycles. The summed E-state index contributed by atoms with van der Waals surface area (Å²) < 4.78 is 63.4. The Morgan fingerprint density at radius 3 is 2.35 bits per heavy atom. The summed E-state index contributed by atoms with van der Waals surface area (Å²) in [5.41, 5.74) is -0.469. The molecule has 0 saturated carbocycles. The fraction of sp³-hybridized carbons (Fsp3) is 0.125. The molecule has 0 saturated heterocycles. The first kappa shape index (κ1) is 18.4. The molecule has 2 heterocycles. The average Bonchev–Trinajstić information content (AvgIpc) is 3.00. The lowest BCUT2D eigenvalue weighted by atomic mass is 10.1. The number of sulfone groups is 1. The SMILES string of the molecule is CS(=O)(=O)c1ccc(-n2nc(C(F)(F)F)cc2-c2ccccc2Cl)cn1. The van der Waals surface area contributed by atoms with E-state index in [2.05, 4.69) is 10.1 Å². The summed E-state index contributed by atoms with van der Waals surface area (Å²) in [6, 6.07) is 9.82. The van der Waals surface area contributed by atoms with Crippen LogP contribution in [0.25, 0.3) is 16.9 Å². The zero-order chi connectivity index (χ0) is 19.1. The first-order valence-electron chi connectivity index (χ1n) is 7.16. The van der Waals surface area contributed by atoms with Gasteiger partial charge < -0.3 is 0 Å². The first-order chi connectivity index (χ1) is 12.1. The Labute approximate surface area is 152 Å². The number of alkyl halides is 3. The largest absolute Gasteiger partial charge is 0.435 e. The standard InChI is InChI=1S/C16H11ClF3N3O2S/c1-26(24,25)15-7-6-10(9-21-15)23-13(8-14(22-23)16(18,19)20)11-4-2-3-5-12(11)17/h2-9H,1H3. The third-order valence-corrected chi connectivity index (χ3v) is 4.83. The van der Waals surface area contributed by atoms with Crippen molar-refractivity contribution < 1.29 is 21.6 Å². The maximum Gasteiger partial charge on any atom is 0.435 e. The third-order valence-electron chi connectivity index (χ3n) is 3.49. The second-order valence-electron chi connectivity index (χ2n) is 5.43.